The maximum atomic E-state index is 14.1. The highest BCUT2D eigenvalue weighted by Gasteiger charge is 2.50. The number of aliphatic hydroxyl groups is 10. The first-order chi connectivity index (χ1) is 45.6. The normalized spacial score (nSPS) is 35.0. The van der Waals surface area contributed by atoms with Crippen LogP contribution in [0.15, 0.2) is 0 Å². The second-order valence-corrected chi connectivity index (χ2v) is 29.5. The number of likely N-dealkylation sites (tertiary alicyclic amines) is 3. The zero-order chi connectivity index (χ0) is 71.7. The van der Waals surface area contributed by atoms with Crippen LogP contribution in [-0.2, 0) is 93.5 Å². The lowest BCUT2D eigenvalue weighted by molar-refractivity contribution is -0.270. The number of ether oxygens (including phenoxy) is 6. The molecule has 0 saturated carbocycles. The van der Waals surface area contributed by atoms with Gasteiger partial charge in [-0.05, 0) is 57.8 Å². The number of carbonyl (C=O) groups excluding carboxylic acids is 6. The van der Waals surface area contributed by atoms with E-state index >= 15 is 0 Å². The zero-order valence-corrected chi connectivity index (χ0v) is 56.9. The van der Waals surface area contributed by atoms with Gasteiger partial charge in [-0.1, -0.05) is 0 Å². The van der Waals surface area contributed by atoms with Gasteiger partial charge in [-0.25, -0.2) is 9.13 Å². The average Bonchev–Trinajstić information content (AvgIpc) is 1.68. The van der Waals surface area contributed by atoms with Gasteiger partial charge in [-0.2, -0.15) is 0 Å². The molecule has 6 aliphatic rings. The molecule has 6 amide bonds. The first-order valence-corrected chi connectivity index (χ1v) is 37.0. The molecule has 97 heavy (non-hydrogen) atoms. The smallest absolute Gasteiger partial charge is 0.394 e. The Hall–Kier alpha value is -3.45. The van der Waals surface area contributed by atoms with E-state index < -0.39 is 233 Å². The second kappa shape index (κ2) is 38.2. The Bertz CT molecular complexity index is 2710. The minimum Gasteiger partial charge on any atom is -0.394 e. The number of amides is 6. The number of hydrogen-bond donors (Lipinski definition) is 16. The monoisotopic (exact) mass is 1460 g/mol. The topological polar surface area (TPSA) is 564 Å². The van der Waals surface area contributed by atoms with Crippen LogP contribution in [0.3, 0.4) is 0 Å². The Morgan fingerprint density at radius 2 is 0.742 bits per heavy atom. The predicted octanol–water partition coefficient (Wildman–Crippen LogP) is -5.62. The van der Waals surface area contributed by atoms with E-state index in [2.05, 4.69) is 16.0 Å². The highest BCUT2D eigenvalue weighted by Crippen LogP contribution is 2.50. The molecule has 6 heterocycles. The molecule has 6 rings (SSSR count). The SMILES string of the molecule is CC(=O)NC1[C@H](OCCCCC(=O)N2C[C@H](O)C[C@H]2COP(=O)(O)O[C@@H]2C[C@@H](COP(=O)(O)O[C@@H]3C[C@@H](COP(C)(=O)O)N(C(=O)CCCCO[C@@H]4OC(CO)[C@H](O)[C@H](O)C4NC(C)=O)C3)N(C(=O)CCCCO[C@@H]3OC(CO)[C@H](O)[C@H](O)C3NC(C)=O)C2)OC(CO)[C@H](O)[C@@H]1O. The minimum atomic E-state index is -5.16. The summed E-state index contributed by atoms with van der Waals surface area (Å²) >= 11 is 0. The number of rotatable bonds is 37. The van der Waals surface area contributed by atoms with Crippen molar-refractivity contribution in [3.63, 3.8) is 0 Å². The molecule has 6 aliphatic heterocycles. The zero-order valence-electron chi connectivity index (χ0n) is 54.3. The standard InChI is InChI=1S/C55H97N6O33P3/c1-29(65)56-44-50(75)47(72)38(23-62)90-53(44)84-14-8-5-11-41(69)59-20-35(68)17-32(59)27-88-96(80,81)94-37-19-34(61(22-37)43(71)13-7-10-16-86-55-46(58-31(3)67)52(77)49(74)40(25-64)92-55)28-89-97(82,83)93-36-18-33(26-87-95(4,78)79)60(21-36)42(70)12-6-9-15-85-54-45(57-30(2)66)51(76)48(73)39(24-63)91-54/h32-40,44-55,62-64,68,72-77H,5-28H2,1-4H3,(H,56,65)(H,57,66)(H,58,67)(H,78,79)(H,80,81)(H,82,83)/t32-,33-,34-,35+,36+,37+,38?,39?,40?,44?,45?,46?,47-,48-,49-,50+,51+,52+,53+,54+,55+/m0/s1. The van der Waals surface area contributed by atoms with Gasteiger partial charge in [0.05, 0.1) is 76.1 Å². The summed E-state index contributed by atoms with van der Waals surface area (Å²) in [5, 5.41) is 110. The number of hydrogen-bond acceptors (Lipinski definition) is 30. The van der Waals surface area contributed by atoms with Crippen LogP contribution < -0.4 is 16.0 Å². The molecule has 6 saturated heterocycles. The van der Waals surface area contributed by atoms with Crippen molar-refractivity contribution in [1.29, 1.82) is 0 Å². The van der Waals surface area contributed by atoms with Crippen LogP contribution in [-0.4, -0.2) is 330 Å². The molecule has 16 N–H and O–H groups in total. The van der Waals surface area contributed by atoms with E-state index in [0.717, 1.165) is 13.6 Å². The van der Waals surface area contributed by atoms with Crippen LogP contribution >= 0.6 is 23.2 Å². The third-order valence-corrected chi connectivity index (χ3v) is 19.7. The van der Waals surface area contributed by atoms with E-state index in [9.17, 15) is 108 Å². The minimum absolute atomic E-state index is 0.0555. The summed E-state index contributed by atoms with van der Waals surface area (Å²) in [4.78, 5) is 113. The fraction of sp³-hybridized carbons (Fsp3) is 0.891. The van der Waals surface area contributed by atoms with Crippen LogP contribution in [0.2, 0.25) is 0 Å². The summed E-state index contributed by atoms with van der Waals surface area (Å²) in [7, 11) is -14.4. The van der Waals surface area contributed by atoms with Gasteiger partial charge < -0.3 is 129 Å². The van der Waals surface area contributed by atoms with E-state index in [1.54, 1.807) is 0 Å². The largest absolute Gasteiger partial charge is 0.472 e. The van der Waals surface area contributed by atoms with E-state index in [0.29, 0.717) is 0 Å². The molecule has 39 nitrogen and oxygen atoms in total. The molecule has 560 valence electrons. The van der Waals surface area contributed by atoms with Gasteiger partial charge in [-0.3, -0.25) is 51.4 Å². The van der Waals surface area contributed by atoms with Gasteiger partial charge >= 0.3 is 23.2 Å². The van der Waals surface area contributed by atoms with Crippen molar-refractivity contribution in [2.24, 2.45) is 0 Å². The number of β-amino-alcohol motifs (C(OH)–C–C–N with tert-alkyl or cyclic N) is 1. The Balaban J connectivity index is 1.05. The van der Waals surface area contributed by atoms with Gasteiger partial charge in [0, 0.05) is 86.2 Å². The van der Waals surface area contributed by atoms with Gasteiger partial charge in [0.2, 0.25) is 35.4 Å². The van der Waals surface area contributed by atoms with Crippen molar-refractivity contribution < 1.29 is 159 Å². The lowest BCUT2D eigenvalue weighted by Gasteiger charge is -2.42. The van der Waals surface area contributed by atoms with Crippen LogP contribution in [0.5, 0.6) is 0 Å². The van der Waals surface area contributed by atoms with E-state index in [4.69, 9.17) is 51.0 Å². The molecular formula is C55H97N6O33P3. The molecule has 9 unspecified atom stereocenters. The number of carbonyl (C=O) groups is 6. The fourth-order valence-electron chi connectivity index (χ4n) is 12.2. The Morgan fingerprint density at radius 1 is 0.443 bits per heavy atom. The summed E-state index contributed by atoms with van der Waals surface area (Å²) in [6, 6.07) is -6.68. The van der Waals surface area contributed by atoms with Crippen molar-refractivity contribution in [1.82, 2.24) is 30.7 Å². The molecule has 0 radical (unpaired) electrons. The van der Waals surface area contributed by atoms with Crippen molar-refractivity contribution >= 4 is 58.7 Å². The molecule has 24 atom stereocenters. The third kappa shape index (κ3) is 24.9. The van der Waals surface area contributed by atoms with Gasteiger partial charge in [0.1, 0.15) is 73.1 Å². The molecule has 42 heteroatoms. The predicted molar refractivity (Wildman–Crippen MR) is 325 cm³/mol. The van der Waals surface area contributed by atoms with Crippen LogP contribution in [0.1, 0.15) is 97.8 Å². The number of nitrogens with zero attached hydrogens (tertiary/aromatic N) is 3. The Kier molecular flexibility index (Phi) is 32.5. The summed E-state index contributed by atoms with van der Waals surface area (Å²) in [6.45, 7) is -0.646. The number of phosphoric ester groups is 2. The molecule has 0 aliphatic carbocycles. The third-order valence-electron chi connectivity index (χ3n) is 17.0. The number of aliphatic hydroxyl groups excluding tert-OH is 10. The number of nitrogens with one attached hydrogen (secondary N) is 3. The fourth-order valence-corrected chi connectivity index (χ4v) is 14.6. The summed E-state index contributed by atoms with van der Waals surface area (Å²) in [5.41, 5.74) is 0. The second-order valence-electron chi connectivity index (χ2n) is 24.8. The maximum absolute atomic E-state index is 14.1. The molecule has 0 aromatic carbocycles. The van der Waals surface area contributed by atoms with Gasteiger partial charge in [-0.15, -0.1) is 0 Å². The lowest BCUT2D eigenvalue weighted by atomic mass is 9.97. The lowest BCUT2D eigenvalue weighted by Crippen LogP contribution is -2.64. The van der Waals surface area contributed by atoms with E-state index in [1.165, 1.54) is 28.5 Å². The molecular weight excluding hydrogens is 1370 g/mol. The van der Waals surface area contributed by atoms with E-state index in [1.807, 2.05) is 0 Å². The van der Waals surface area contributed by atoms with E-state index in [-0.39, 0.29) is 110 Å². The maximum Gasteiger partial charge on any atom is 0.472 e. The van der Waals surface area contributed by atoms with Crippen molar-refractivity contribution in [3.8, 4) is 0 Å². The summed E-state index contributed by atoms with van der Waals surface area (Å²) in [6.07, 6.45) is -20.6. The highest BCUT2D eigenvalue weighted by molar-refractivity contribution is 7.51. The summed E-state index contributed by atoms with van der Waals surface area (Å²) in [5.74, 6) is -3.32. The van der Waals surface area contributed by atoms with Crippen molar-refractivity contribution in [3.05, 3.63) is 0 Å². The first-order valence-electron chi connectivity index (χ1n) is 32.0. The first kappa shape index (κ1) is 82.5. The van der Waals surface area contributed by atoms with Crippen LogP contribution in [0.4, 0.5) is 0 Å². The Labute approximate surface area is 558 Å². The quantitative estimate of drug-likeness (QED) is 0.0204. The average molecular weight is 1460 g/mol. The molecule has 0 spiro atoms. The highest BCUT2D eigenvalue weighted by atomic mass is 31.2. The molecule has 0 aromatic rings. The summed E-state index contributed by atoms with van der Waals surface area (Å²) < 4.78 is 101. The van der Waals surface area contributed by atoms with Crippen LogP contribution in [0.25, 0.3) is 0 Å². The van der Waals surface area contributed by atoms with Crippen LogP contribution in [0, 0.1) is 0 Å². The number of phosphoric acid groups is 2. The molecule has 6 fully saturated rings. The molecule has 0 aromatic heterocycles. The number of unbranched alkanes of at least 4 members (excludes halogenated alkanes) is 3. The van der Waals surface area contributed by atoms with Crippen molar-refractivity contribution in [2.75, 3.05) is 85.8 Å². The van der Waals surface area contributed by atoms with Gasteiger partial charge in [0.25, 0.3) is 0 Å². The molecule has 0 bridgehead atoms. The van der Waals surface area contributed by atoms with Gasteiger partial charge in [0.15, 0.2) is 18.9 Å². The van der Waals surface area contributed by atoms with Crippen molar-refractivity contribution in [2.45, 2.75) is 226 Å². The Morgan fingerprint density at radius 3 is 1.04 bits per heavy atom.